The summed E-state index contributed by atoms with van der Waals surface area (Å²) in [6.45, 7) is 0. The van der Waals surface area contributed by atoms with Crippen LogP contribution in [0.4, 0.5) is 11.4 Å². The number of aromatic nitrogens is 1. The number of carbonyl (C=O) groups is 1. The fraction of sp³-hybridized carbons (Fsp3) is 0.0476. The van der Waals surface area contributed by atoms with Crippen LogP contribution in [-0.4, -0.2) is 10.9 Å². The molecule has 3 aromatic carbocycles. The van der Waals surface area contributed by atoms with Crippen molar-refractivity contribution in [1.82, 2.24) is 4.98 Å². The summed E-state index contributed by atoms with van der Waals surface area (Å²) in [6, 6.07) is 20.2. The molecule has 6 heteroatoms. The van der Waals surface area contributed by atoms with E-state index in [1.165, 1.54) is 0 Å². The van der Waals surface area contributed by atoms with E-state index in [9.17, 15) is 4.79 Å². The monoisotopic (exact) mass is 374 g/mol. The number of para-hydroxylation sites is 2. The van der Waals surface area contributed by atoms with Gasteiger partial charge in [-0.2, -0.15) is 0 Å². The molecule has 1 amide bonds. The van der Waals surface area contributed by atoms with Crippen LogP contribution in [0.5, 0.6) is 0 Å². The zero-order chi connectivity index (χ0) is 18.8. The van der Waals surface area contributed by atoms with Crippen molar-refractivity contribution in [2.45, 2.75) is 6.04 Å². The van der Waals surface area contributed by atoms with Gasteiger partial charge in [-0.1, -0.05) is 30.3 Å². The zero-order valence-corrected chi connectivity index (χ0v) is 15.2. The van der Waals surface area contributed by atoms with E-state index in [0.717, 1.165) is 21.3 Å². The van der Waals surface area contributed by atoms with Gasteiger partial charge in [0.25, 0.3) is 5.91 Å². The minimum absolute atomic E-state index is 0.209. The summed E-state index contributed by atoms with van der Waals surface area (Å²) < 4.78 is 1.11. The third-order valence-corrected chi connectivity index (χ3v) is 5.25. The highest BCUT2D eigenvalue weighted by molar-refractivity contribution is 7.16. The zero-order valence-electron chi connectivity index (χ0n) is 14.4. The number of carbonyl (C=O) groups excluding carboxylic acids is 1. The third-order valence-electron chi connectivity index (χ3n) is 4.46. The van der Waals surface area contributed by atoms with E-state index in [4.69, 9.17) is 11.5 Å². The molecule has 0 aliphatic heterocycles. The highest BCUT2D eigenvalue weighted by Gasteiger charge is 2.12. The Labute approximate surface area is 160 Å². The first-order valence-corrected chi connectivity index (χ1v) is 9.34. The van der Waals surface area contributed by atoms with Gasteiger partial charge in [-0.25, -0.2) is 4.98 Å². The summed E-state index contributed by atoms with van der Waals surface area (Å²) in [5.74, 6) is -0.209. The van der Waals surface area contributed by atoms with Crippen molar-refractivity contribution >= 4 is 38.8 Å². The Morgan fingerprint density at radius 3 is 2.52 bits per heavy atom. The normalized spacial score (nSPS) is 12.0. The van der Waals surface area contributed by atoms with E-state index in [-0.39, 0.29) is 11.9 Å². The summed E-state index contributed by atoms with van der Waals surface area (Å²) in [7, 11) is 0. The molecular formula is C21H18N4OS. The van der Waals surface area contributed by atoms with Crippen molar-refractivity contribution in [3.63, 3.8) is 0 Å². The molecule has 0 aliphatic rings. The lowest BCUT2D eigenvalue weighted by molar-refractivity contribution is 0.102. The van der Waals surface area contributed by atoms with E-state index in [2.05, 4.69) is 16.4 Å². The predicted molar refractivity (Wildman–Crippen MR) is 111 cm³/mol. The van der Waals surface area contributed by atoms with Crippen molar-refractivity contribution in [3.05, 3.63) is 88.9 Å². The maximum atomic E-state index is 12.4. The second-order valence-corrected chi connectivity index (χ2v) is 7.11. The maximum Gasteiger partial charge on any atom is 0.255 e. The van der Waals surface area contributed by atoms with E-state index < -0.39 is 0 Å². The van der Waals surface area contributed by atoms with Gasteiger partial charge in [0.1, 0.15) is 0 Å². The first-order chi connectivity index (χ1) is 13.1. The number of rotatable bonds is 4. The van der Waals surface area contributed by atoms with Crippen LogP contribution in [-0.2, 0) is 0 Å². The summed E-state index contributed by atoms with van der Waals surface area (Å²) in [4.78, 5) is 16.7. The molecule has 0 aliphatic carbocycles. The Bertz CT molecular complexity index is 1100. The van der Waals surface area contributed by atoms with Gasteiger partial charge < -0.3 is 16.8 Å². The molecule has 0 spiro atoms. The number of hydrogen-bond donors (Lipinski definition) is 3. The molecule has 0 saturated carbocycles. The fourth-order valence-electron chi connectivity index (χ4n) is 2.90. The molecule has 1 unspecified atom stereocenters. The predicted octanol–water partition coefficient (Wildman–Crippen LogP) is 4.18. The van der Waals surface area contributed by atoms with Crippen molar-refractivity contribution in [2.75, 3.05) is 11.1 Å². The van der Waals surface area contributed by atoms with Crippen LogP contribution in [0, 0.1) is 0 Å². The average molecular weight is 374 g/mol. The number of nitrogens with one attached hydrogen (secondary N) is 1. The number of nitrogen functional groups attached to an aromatic ring is 1. The third kappa shape index (κ3) is 3.53. The van der Waals surface area contributed by atoms with E-state index in [0.29, 0.717) is 16.9 Å². The Morgan fingerprint density at radius 1 is 1.00 bits per heavy atom. The van der Waals surface area contributed by atoms with Gasteiger partial charge in [-0.05, 0) is 47.5 Å². The smallest absolute Gasteiger partial charge is 0.255 e. The Hall–Kier alpha value is -3.22. The fourth-order valence-corrected chi connectivity index (χ4v) is 3.63. The number of nitrogens with two attached hydrogens (primary N) is 2. The van der Waals surface area contributed by atoms with Crippen molar-refractivity contribution in [1.29, 1.82) is 0 Å². The highest BCUT2D eigenvalue weighted by Crippen LogP contribution is 2.26. The average Bonchev–Trinajstić information content (AvgIpc) is 3.17. The SMILES string of the molecule is Nc1ccccc1NC(=O)c1ccc(C(N)c2ccc3ncsc3c2)cc1. The molecule has 4 rings (SSSR count). The van der Waals surface area contributed by atoms with Crippen molar-refractivity contribution in [2.24, 2.45) is 5.73 Å². The van der Waals surface area contributed by atoms with Crippen molar-refractivity contribution < 1.29 is 4.79 Å². The highest BCUT2D eigenvalue weighted by atomic mass is 32.1. The van der Waals surface area contributed by atoms with E-state index in [1.807, 2.05) is 41.9 Å². The molecule has 1 atom stereocenters. The first-order valence-electron chi connectivity index (χ1n) is 8.46. The Morgan fingerprint density at radius 2 is 1.74 bits per heavy atom. The number of hydrogen-bond acceptors (Lipinski definition) is 5. The number of thiazole rings is 1. The molecule has 5 nitrogen and oxygen atoms in total. The minimum atomic E-state index is -0.265. The van der Waals surface area contributed by atoms with Crippen LogP contribution < -0.4 is 16.8 Å². The van der Waals surface area contributed by atoms with Gasteiger partial charge in [0, 0.05) is 5.56 Å². The van der Waals surface area contributed by atoms with Gasteiger partial charge in [-0.15, -0.1) is 11.3 Å². The molecular weight excluding hydrogens is 356 g/mol. The van der Waals surface area contributed by atoms with Gasteiger partial charge in [-0.3, -0.25) is 4.79 Å². The first kappa shape index (κ1) is 17.2. The van der Waals surface area contributed by atoms with E-state index >= 15 is 0 Å². The molecule has 0 saturated heterocycles. The topological polar surface area (TPSA) is 94.0 Å². The number of fused-ring (bicyclic) bond motifs is 1. The van der Waals surface area contributed by atoms with Crippen LogP contribution in [0.25, 0.3) is 10.2 Å². The number of amides is 1. The molecule has 27 heavy (non-hydrogen) atoms. The summed E-state index contributed by atoms with van der Waals surface area (Å²) in [5.41, 5.74) is 18.7. The van der Waals surface area contributed by atoms with Crippen LogP contribution in [0.15, 0.2) is 72.2 Å². The van der Waals surface area contributed by atoms with Gasteiger partial charge in [0.05, 0.1) is 33.1 Å². The number of anilines is 2. The molecule has 0 bridgehead atoms. The minimum Gasteiger partial charge on any atom is -0.397 e. The van der Waals surface area contributed by atoms with Crippen LogP contribution in [0.1, 0.15) is 27.5 Å². The molecule has 4 aromatic rings. The Kier molecular flexibility index (Phi) is 4.58. The second kappa shape index (κ2) is 7.19. The quantitative estimate of drug-likeness (QED) is 0.467. The summed E-state index contributed by atoms with van der Waals surface area (Å²) >= 11 is 1.59. The lowest BCUT2D eigenvalue weighted by Crippen LogP contribution is -2.15. The molecule has 1 aromatic heterocycles. The molecule has 0 fully saturated rings. The second-order valence-electron chi connectivity index (χ2n) is 6.22. The maximum absolute atomic E-state index is 12.4. The number of benzene rings is 3. The molecule has 5 N–H and O–H groups in total. The summed E-state index contributed by atoms with van der Waals surface area (Å²) in [6.07, 6.45) is 0. The van der Waals surface area contributed by atoms with Gasteiger partial charge in [0.2, 0.25) is 0 Å². The lowest BCUT2D eigenvalue weighted by Gasteiger charge is -2.13. The van der Waals surface area contributed by atoms with Gasteiger partial charge >= 0.3 is 0 Å². The largest absolute Gasteiger partial charge is 0.397 e. The van der Waals surface area contributed by atoms with E-state index in [1.54, 1.807) is 35.6 Å². The summed E-state index contributed by atoms with van der Waals surface area (Å²) in [5, 5.41) is 2.82. The Balaban J connectivity index is 1.52. The number of nitrogens with zero attached hydrogens (tertiary/aromatic N) is 1. The molecule has 0 radical (unpaired) electrons. The van der Waals surface area contributed by atoms with Gasteiger partial charge in [0.15, 0.2) is 0 Å². The standard InChI is InChI=1S/C21H18N4OS/c22-16-3-1-2-4-17(16)25-21(26)14-7-5-13(6-8-14)20(23)15-9-10-18-19(11-15)27-12-24-18/h1-12,20H,22-23H2,(H,25,26). The van der Waals surface area contributed by atoms with Crippen LogP contribution in [0.2, 0.25) is 0 Å². The molecule has 134 valence electrons. The van der Waals surface area contributed by atoms with Crippen LogP contribution >= 0.6 is 11.3 Å². The lowest BCUT2D eigenvalue weighted by atomic mass is 9.98. The molecule has 1 heterocycles. The van der Waals surface area contributed by atoms with Crippen molar-refractivity contribution in [3.8, 4) is 0 Å². The van der Waals surface area contributed by atoms with Crippen LogP contribution in [0.3, 0.4) is 0 Å².